The molecule has 0 bridgehead atoms. The van der Waals surface area contributed by atoms with Gasteiger partial charge in [-0.15, -0.1) is 0 Å². The van der Waals surface area contributed by atoms with Crippen molar-refractivity contribution in [1.29, 1.82) is 0 Å². The van der Waals surface area contributed by atoms with E-state index in [1.54, 1.807) is 0 Å². The molecule has 0 unspecified atom stereocenters. The second-order valence-corrected chi connectivity index (χ2v) is 16.7. The van der Waals surface area contributed by atoms with Crippen LogP contribution >= 0.6 is 0 Å². The summed E-state index contributed by atoms with van der Waals surface area (Å²) in [6, 6.07) is 77.5. The second kappa shape index (κ2) is 11.9. The summed E-state index contributed by atoms with van der Waals surface area (Å²) < 4.78 is 0. The van der Waals surface area contributed by atoms with Gasteiger partial charge < -0.3 is 0 Å². The summed E-state index contributed by atoms with van der Waals surface area (Å²) in [6.45, 7) is 0. The highest BCUT2D eigenvalue weighted by molar-refractivity contribution is 6.47. The number of rotatable bonds is 4. The highest BCUT2D eigenvalue weighted by Crippen LogP contribution is 2.56. The van der Waals surface area contributed by atoms with Crippen molar-refractivity contribution in [3.63, 3.8) is 0 Å². The number of benzene rings is 12. The lowest BCUT2D eigenvalue weighted by Crippen LogP contribution is -1.92. The van der Waals surface area contributed by atoms with Crippen molar-refractivity contribution in [3.05, 3.63) is 206 Å². The van der Waals surface area contributed by atoms with Gasteiger partial charge in [0.05, 0.1) is 0 Å². The molecule has 0 saturated carbocycles. The van der Waals surface area contributed by atoms with Crippen molar-refractivity contribution < 1.29 is 0 Å². The summed E-state index contributed by atoms with van der Waals surface area (Å²) in [5, 5.41) is 23.8. The van der Waals surface area contributed by atoms with Gasteiger partial charge in [-0.2, -0.15) is 0 Å². The Kier molecular flexibility index (Phi) is 6.38. The summed E-state index contributed by atoms with van der Waals surface area (Å²) in [5.41, 5.74) is 9.99. The number of hydrogen-bond acceptors (Lipinski definition) is 0. The van der Waals surface area contributed by atoms with Crippen LogP contribution in [0, 0.1) is 0 Å². The number of fused-ring (bicyclic) bond motifs is 8. The van der Waals surface area contributed by atoms with E-state index in [1.165, 1.54) is 141 Å². The van der Waals surface area contributed by atoms with Gasteiger partial charge in [-0.3, -0.25) is 0 Å². The van der Waals surface area contributed by atoms with Crippen LogP contribution in [0.25, 0.3) is 141 Å². The maximum Gasteiger partial charge on any atom is -0.000718 e. The predicted octanol–water partition coefficient (Wildman–Crippen LogP) is 17.0. The third kappa shape index (κ3) is 4.24. The second-order valence-electron chi connectivity index (χ2n) is 16.7. The molecule has 0 amide bonds. The normalized spacial score (nSPS) is 12.3. The van der Waals surface area contributed by atoms with E-state index < -0.39 is 0 Å². The van der Waals surface area contributed by atoms with Crippen molar-refractivity contribution in [2.24, 2.45) is 0 Å². The molecule has 0 nitrogen and oxygen atoms in total. The van der Waals surface area contributed by atoms with Gasteiger partial charge in [0.25, 0.3) is 0 Å². The van der Waals surface area contributed by atoms with Crippen molar-refractivity contribution in [1.82, 2.24) is 0 Å². The maximum atomic E-state index is 2.55. The molecular weight excluding hydrogens is 721 g/mol. The Bertz CT molecular complexity index is 3990. The molecule has 0 N–H and O–H groups in total. The maximum absolute atomic E-state index is 2.55. The van der Waals surface area contributed by atoms with E-state index in [9.17, 15) is 0 Å². The molecule has 0 aromatic heterocycles. The van der Waals surface area contributed by atoms with Crippen LogP contribution in [-0.4, -0.2) is 0 Å². The minimum Gasteiger partial charge on any atom is -0.0622 e. The van der Waals surface area contributed by atoms with E-state index in [1.807, 2.05) is 0 Å². The molecule has 0 spiro atoms. The zero-order valence-electron chi connectivity index (χ0n) is 32.6. The highest BCUT2D eigenvalue weighted by Gasteiger charge is 2.27. The van der Waals surface area contributed by atoms with Crippen LogP contribution in [0.4, 0.5) is 0 Å². The molecule has 0 aliphatic heterocycles. The average molecular weight is 755 g/mol. The molecule has 274 valence electrons. The quantitative estimate of drug-likeness (QED) is 0.157. The van der Waals surface area contributed by atoms with E-state index >= 15 is 0 Å². The standard InChI is InChI=1S/C60H34/c1-3-11-35(12-4-1)37-21-25-40(26-22-37)53-51-34-49-45-18-8-7-17-44(45)46-19-10-20-47(56(46)49)57(51)55(41-27-23-38(24-28-41)36-13-5-2-6-14-36)59-48-32-31-42-30-29-39-15-9-16-43-33-50(60(53)59)58(48)54(42)52(39)43/h1-34H. The largest absolute Gasteiger partial charge is 0.0622 e. The fraction of sp³-hybridized carbons (Fsp3) is 0. The summed E-state index contributed by atoms with van der Waals surface area (Å²) in [5.74, 6) is 0. The fourth-order valence-electron chi connectivity index (χ4n) is 11.2. The lowest BCUT2D eigenvalue weighted by Gasteiger charge is -2.19. The van der Waals surface area contributed by atoms with Gasteiger partial charge in [0, 0.05) is 0 Å². The first-order valence-corrected chi connectivity index (χ1v) is 21.0. The molecule has 0 aliphatic carbocycles. The van der Waals surface area contributed by atoms with E-state index in [0.29, 0.717) is 0 Å². The predicted molar refractivity (Wildman–Crippen MR) is 259 cm³/mol. The minimum absolute atomic E-state index is 1.22. The smallest absolute Gasteiger partial charge is 0.000718 e. The first-order valence-electron chi connectivity index (χ1n) is 21.0. The van der Waals surface area contributed by atoms with E-state index in [-0.39, 0.29) is 0 Å². The van der Waals surface area contributed by atoms with Gasteiger partial charge in [-0.25, -0.2) is 0 Å². The molecular formula is C60H34. The number of hydrogen-bond donors (Lipinski definition) is 0. The van der Waals surface area contributed by atoms with Crippen LogP contribution in [0.1, 0.15) is 0 Å². The minimum atomic E-state index is 1.22. The van der Waals surface area contributed by atoms with Gasteiger partial charge in [0.2, 0.25) is 0 Å². The Hall–Kier alpha value is -7.80. The molecule has 0 heterocycles. The molecule has 0 fully saturated rings. The first-order chi connectivity index (χ1) is 29.8. The molecule has 0 radical (unpaired) electrons. The van der Waals surface area contributed by atoms with Crippen LogP contribution in [0.3, 0.4) is 0 Å². The third-order valence-electron chi connectivity index (χ3n) is 13.7. The van der Waals surface area contributed by atoms with Crippen molar-refractivity contribution in [2.75, 3.05) is 0 Å². The van der Waals surface area contributed by atoms with Crippen LogP contribution in [0.5, 0.6) is 0 Å². The Balaban J connectivity index is 1.24. The lowest BCUT2D eigenvalue weighted by atomic mass is 9.83. The fourth-order valence-corrected chi connectivity index (χ4v) is 11.2. The summed E-state index contributed by atoms with van der Waals surface area (Å²) >= 11 is 0. The monoisotopic (exact) mass is 754 g/mol. The van der Waals surface area contributed by atoms with Crippen molar-refractivity contribution >= 4 is 97.0 Å². The molecule has 14 aromatic rings. The Morgan fingerprint density at radius 2 is 0.650 bits per heavy atom. The van der Waals surface area contributed by atoms with Crippen LogP contribution in [0.2, 0.25) is 0 Å². The molecule has 0 saturated heterocycles. The van der Waals surface area contributed by atoms with Gasteiger partial charge in [0.1, 0.15) is 0 Å². The topological polar surface area (TPSA) is 0 Å². The van der Waals surface area contributed by atoms with Crippen molar-refractivity contribution in [2.45, 2.75) is 0 Å². The summed E-state index contributed by atoms with van der Waals surface area (Å²) in [7, 11) is 0. The van der Waals surface area contributed by atoms with Crippen LogP contribution in [-0.2, 0) is 0 Å². The Morgan fingerprint density at radius 1 is 0.167 bits per heavy atom. The van der Waals surface area contributed by atoms with E-state index in [2.05, 4.69) is 206 Å². The van der Waals surface area contributed by atoms with Gasteiger partial charge >= 0.3 is 0 Å². The van der Waals surface area contributed by atoms with Gasteiger partial charge in [-0.1, -0.05) is 194 Å². The zero-order chi connectivity index (χ0) is 39.1. The molecule has 14 aromatic carbocycles. The average Bonchev–Trinajstić information content (AvgIpc) is 3.82. The Morgan fingerprint density at radius 3 is 1.35 bits per heavy atom. The molecule has 0 atom stereocenters. The van der Waals surface area contributed by atoms with E-state index in [4.69, 9.17) is 0 Å². The molecule has 0 heteroatoms. The van der Waals surface area contributed by atoms with Crippen molar-refractivity contribution in [3.8, 4) is 44.5 Å². The lowest BCUT2D eigenvalue weighted by molar-refractivity contribution is 1.61. The van der Waals surface area contributed by atoms with Gasteiger partial charge in [-0.05, 0) is 154 Å². The SMILES string of the molecule is c1ccc(-c2ccc(-c3c4cc5c6ccccc6c6cccc(c4c(-c4ccc(-c7ccccc7)cc4)c4c7ccc8ccc9cccc%10cc(c34)c7c8c9%10)c65)cc2)cc1. The molecule has 14 rings (SSSR count). The summed E-state index contributed by atoms with van der Waals surface area (Å²) in [6.07, 6.45) is 0. The molecule has 60 heavy (non-hydrogen) atoms. The summed E-state index contributed by atoms with van der Waals surface area (Å²) in [4.78, 5) is 0. The first kappa shape index (κ1) is 32.2. The van der Waals surface area contributed by atoms with Gasteiger partial charge in [0.15, 0.2) is 0 Å². The van der Waals surface area contributed by atoms with Crippen LogP contribution in [0.15, 0.2) is 206 Å². The third-order valence-corrected chi connectivity index (χ3v) is 13.7. The zero-order valence-corrected chi connectivity index (χ0v) is 32.6. The molecule has 0 aliphatic rings. The Labute approximate surface area is 346 Å². The van der Waals surface area contributed by atoms with Crippen LogP contribution < -0.4 is 0 Å². The van der Waals surface area contributed by atoms with E-state index in [0.717, 1.165) is 0 Å². The highest BCUT2D eigenvalue weighted by atomic mass is 14.3.